The van der Waals surface area contributed by atoms with Crippen LogP contribution in [-0.4, -0.2) is 37.0 Å². The zero-order valence-corrected chi connectivity index (χ0v) is 18.6. The Balaban J connectivity index is 1.51. The molecule has 4 aromatic heterocycles. The van der Waals surface area contributed by atoms with Crippen LogP contribution < -0.4 is 16.2 Å². The molecule has 0 saturated heterocycles. The van der Waals surface area contributed by atoms with Crippen molar-refractivity contribution in [2.45, 2.75) is 32.6 Å². The van der Waals surface area contributed by atoms with Gasteiger partial charge in [0.25, 0.3) is 5.56 Å². The summed E-state index contributed by atoms with van der Waals surface area (Å²) in [6, 6.07) is 10.7. The second-order valence-electron chi connectivity index (χ2n) is 8.35. The fourth-order valence-electron chi connectivity index (χ4n) is 4.04. The monoisotopic (exact) mass is 443 g/mol. The van der Waals surface area contributed by atoms with Crippen molar-refractivity contribution in [2.24, 2.45) is 5.92 Å². The molecule has 1 aliphatic rings. The highest BCUT2D eigenvalue weighted by atomic mass is 16.1. The lowest BCUT2D eigenvalue weighted by molar-refractivity contribution is 0.0938. The second-order valence-corrected chi connectivity index (χ2v) is 8.35. The molecule has 2 N–H and O–H groups in total. The predicted octanol–water partition coefficient (Wildman–Crippen LogP) is 3.74. The molecular weight excluding hydrogens is 418 g/mol. The molecule has 168 valence electrons. The first kappa shape index (κ1) is 20.9. The van der Waals surface area contributed by atoms with Crippen molar-refractivity contribution >= 4 is 28.8 Å². The molecule has 9 nitrogen and oxygen atoms in total. The molecule has 1 fully saturated rings. The van der Waals surface area contributed by atoms with Gasteiger partial charge in [-0.1, -0.05) is 25.3 Å². The minimum atomic E-state index is -0.252. The van der Waals surface area contributed by atoms with E-state index in [1.54, 1.807) is 48.2 Å². The zero-order valence-electron chi connectivity index (χ0n) is 18.6. The molecule has 4 aromatic rings. The number of aromatic nitrogens is 5. The Bertz CT molecular complexity index is 1400. The van der Waals surface area contributed by atoms with E-state index in [2.05, 4.69) is 25.7 Å². The Morgan fingerprint density at radius 1 is 1.18 bits per heavy atom. The molecule has 9 heteroatoms. The summed E-state index contributed by atoms with van der Waals surface area (Å²) in [5.41, 5.74) is 1.88. The molecule has 0 bridgehead atoms. The number of carbonyl (C=O) groups excluding carboxylic acids is 1. The summed E-state index contributed by atoms with van der Waals surface area (Å²) in [7, 11) is 1.77. The minimum absolute atomic E-state index is 0.0500. The van der Waals surface area contributed by atoms with Gasteiger partial charge in [0, 0.05) is 31.4 Å². The van der Waals surface area contributed by atoms with Gasteiger partial charge < -0.3 is 10.6 Å². The summed E-state index contributed by atoms with van der Waals surface area (Å²) in [4.78, 5) is 35.1. The molecule has 0 aliphatic heterocycles. The van der Waals surface area contributed by atoms with Crippen LogP contribution in [-0.2, 0) is 0 Å². The van der Waals surface area contributed by atoms with Gasteiger partial charge in [-0.2, -0.15) is 9.61 Å². The molecule has 0 amide bonds. The summed E-state index contributed by atoms with van der Waals surface area (Å²) in [6.07, 6.45) is 7.16. The maximum absolute atomic E-state index is 13.1. The van der Waals surface area contributed by atoms with E-state index >= 15 is 0 Å². The zero-order chi connectivity index (χ0) is 22.9. The van der Waals surface area contributed by atoms with Crippen LogP contribution in [0.2, 0.25) is 0 Å². The van der Waals surface area contributed by atoms with Gasteiger partial charge in [0.05, 0.1) is 11.8 Å². The topological polar surface area (TPSA) is 106 Å². The van der Waals surface area contributed by atoms with Crippen molar-refractivity contribution < 1.29 is 4.79 Å². The quantitative estimate of drug-likeness (QED) is 0.419. The van der Waals surface area contributed by atoms with Crippen LogP contribution in [0.3, 0.4) is 0 Å². The number of fused-ring (bicyclic) bond motifs is 1. The molecule has 33 heavy (non-hydrogen) atoms. The molecule has 4 heterocycles. The van der Waals surface area contributed by atoms with Crippen molar-refractivity contribution in [3.63, 3.8) is 0 Å². The standard InChI is InChI=1S/C24H25N7O2/c1-15-6-3-10-21(27-15)30-11-5-9-18(24(30)33)28-20-13-22(25-2)31-23(29-20)17(14-26-31)19(32)12-16-7-4-8-16/h3,5-6,9-11,13-14,16,25H,4,7-8,12H2,1-2H3,(H,28,29). The third kappa shape index (κ3) is 3.97. The number of nitrogens with one attached hydrogen (secondary N) is 2. The van der Waals surface area contributed by atoms with Gasteiger partial charge in [0.1, 0.15) is 23.1 Å². The van der Waals surface area contributed by atoms with Crippen LogP contribution in [0, 0.1) is 12.8 Å². The lowest BCUT2D eigenvalue weighted by Crippen LogP contribution is -2.21. The summed E-state index contributed by atoms with van der Waals surface area (Å²) < 4.78 is 3.10. The largest absolute Gasteiger partial charge is 0.373 e. The predicted molar refractivity (Wildman–Crippen MR) is 127 cm³/mol. The Kier molecular flexibility index (Phi) is 5.37. The van der Waals surface area contributed by atoms with E-state index in [-0.39, 0.29) is 11.3 Å². The van der Waals surface area contributed by atoms with Gasteiger partial charge >= 0.3 is 0 Å². The molecule has 5 rings (SSSR count). The van der Waals surface area contributed by atoms with Gasteiger partial charge in [-0.3, -0.25) is 14.2 Å². The fraction of sp³-hybridized carbons (Fsp3) is 0.292. The summed E-state index contributed by atoms with van der Waals surface area (Å²) in [6.45, 7) is 1.88. The third-order valence-corrected chi connectivity index (χ3v) is 6.06. The van der Waals surface area contributed by atoms with Crippen molar-refractivity contribution in [1.29, 1.82) is 0 Å². The first-order valence-electron chi connectivity index (χ1n) is 11.1. The maximum Gasteiger partial charge on any atom is 0.279 e. The molecule has 0 radical (unpaired) electrons. The lowest BCUT2D eigenvalue weighted by Gasteiger charge is -2.24. The summed E-state index contributed by atoms with van der Waals surface area (Å²) in [5.74, 6) is 2.14. The normalized spacial score (nSPS) is 13.6. The number of hydrogen-bond donors (Lipinski definition) is 2. The molecule has 0 atom stereocenters. The van der Waals surface area contributed by atoms with E-state index in [4.69, 9.17) is 0 Å². The number of rotatable bonds is 7. The number of pyridine rings is 2. The molecular formula is C24H25N7O2. The molecule has 0 aromatic carbocycles. The van der Waals surface area contributed by atoms with Crippen molar-refractivity contribution in [1.82, 2.24) is 24.1 Å². The van der Waals surface area contributed by atoms with E-state index in [1.807, 2.05) is 19.1 Å². The Morgan fingerprint density at radius 3 is 2.76 bits per heavy atom. The van der Waals surface area contributed by atoms with Crippen LogP contribution in [0.1, 0.15) is 41.7 Å². The van der Waals surface area contributed by atoms with Crippen LogP contribution in [0.5, 0.6) is 0 Å². The first-order chi connectivity index (χ1) is 16.0. The molecule has 0 spiro atoms. The van der Waals surface area contributed by atoms with Crippen molar-refractivity contribution in [3.05, 3.63) is 70.4 Å². The van der Waals surface area contributed by atoms with E-state index in [1.165, 1.54) is 11.0 Å². The number of ketones is 1. The average Bonchev–Trinajstić information content (AvgIpc) is 3.21. The SMILES string of the molecule is CNc1cc(Nc2cccn(-c3cccc(C)n3)c2=O)nc2c(C(=O)CC3CCC3)cnn12. The Morgan fingerprint density at radius 2 is 2.03 bits per heavy atom. The highest BCUT2D eigenvalue weighted by Gasteiger charge is 2.24. The van der Waals surface area contributed by atoms with E-state index < -0.39 is 0 Å². The van der Waals surface area contributed by atoms with Gasteiger partial charge in [0.2, 0.25) is 0 Å². The fourth-order valence-corrected chi connectivity index (χ4v) is 4.04. The number of Topliss-reactive ketones (excluding diaryl/α,β-unsaturated/α-hetero) is 1. The average molecular weight is 444 g/mol. The smallest absolute Gasteiger partial charge is 0.279 e. The number of aryl methyl sites for hydroxylation is 1. The second kappa shape index (κ2) is 8.50. The third-order valence-electron chi connectivity index (χ3n) is 6.06. The first-order valence-corrected chi connectivity index (χ1v) is 11.1. The molecule has 0 unspecified atom stereocenters. The van der Waals surface area contributed by atoms with Gasteiger partial charge in [-0.15, -0.1) is 0 Å². The number of nitrogens with zero attached hydrogens (tertiary/aromatic N) is 5. The molecule has 1 saturated carbocycles. The van der Waals surface area contributed by atoms with Crippen LogP contribution in [0.15, 0.2) is 53.6 Å². The summed E-state index contributed by atoms with van der Waals surface area (Å²) in [5, 5.41) is 10.6. The molecule has 1 aliphatic carbocycles. The Labute approximate surface area is 190 Å². The van der Waals surface area contributed by atoms with Gasteiger partial charge in [0.15, 0.2) is 11.4 Å². The van der Waals surface area contributed by atoms with Crippen LogP contribution in [0.4, 0.5) is 17.3 Å². The highest BCUT2D eigenvalue weighted by molar-refractivity contribution is 6.01. The van der Waals surface area contributed by atoms with Crippen molar-refractivity contribution in [2.75, 3.05) is 17.7 Å². The number of anilines is 3. The number of carbonyl (C=O) groups is 1. The van der Waals surface area contributed by atoms with E-state index in [0.29, 0.717) is 46.7 Å². The van der Waals surface area contributed by atoms with E-state index in [9.17, 15) is 9.59 Å². The maximum atomic E-state index is 13.1. The minimum Gasteiger partial charge on any atom is -0.373 e. The highest BCUT2D eigenvalue weighted by Crippen LogP contribution is 2.31. The van der Waals surface area contributed by atoms with Crippen LogP contribution in [0.25, 0.3) is 11.5 Å². The van der Waals surface area contributed by atoms with Crippen molar-refractivity contribution in [3.8, 4) is 5.82 Å². The van der Waals surface area contributed by atoms with Gasteiger partial charge in [-0.25, -0.2) is 9.97 Å². The number of hydrogen-bond acceptors (Lipinski definition) is 7. The van der Waals surface area contributed by atoms with Crippen LogP contribution >= 0.6 is 0 Å². The lowest BCUT2D eigenvalue weighted by atomic mass is 9.81. The Hall–Kier alpha value is -4.01. The van der Waals surface area contributed by atoms with E-state index in [0.717, 1.165) is 18.5 Å². The summed E-state index contributed by atoms with van der Waals surface area (Å²) >= 11 is 0. The van der Waals surface area contributed by atoms with Gasteiger partial charge in [-0.05, 0) is 37.1 Å².